The minimum Gasteiger partial charge on any atom is -0.396 e. The number of nitrogens with one attached hydrogen (secondary N) is 1. The van der Waals surface area contributed by atoms with E-state index in [2.05, 4.69) is 25.6 Å². The molecule has 1 aromatic heterocycles. The molecule has 0 bridgehead atoms. The maximum atomic E-state index is 13.9. The van der Waals surface area contributed by atoms with Crippen LogP contribution in [0.1, 0.15) is 0 Å². The van der Waals surface area contributed by atoms with E-state index in [4.69, 9.17) is 28.9 Å². The Labute approximate surface area is 138 Å². The van der Waals surface area contributed by atoms with E-state index >= 15 is 0 Å². The highest BCUT2D eigenvalue weighted by Crippen LogP contribution is 2.29. The topological polar surface area (TPSA) is 85.1 Å². The number of hydrogen-bond donors (Lipinski definition) is 2. The number of nitrogen functional groups attached to an aromatic ring is 1. The van der Waals surface area contributed by atoms with Crippen LogP contribution in [-0.2, 0) is 10.0 Å². The van der Waals surface area contributed by atoms with Crippen molar-refractivity contribution in [2.75, 3.05) is 10.5 Å². The molecule has 21 heavy (non-hydrogen) atoms. The van der Waals surface area contributed by atoms with E-state index in [0.29, 0.717) is 4.47 Å². The Morgan fingerprint density at radius 2 is 1.95 bits per heavy atom. The number of halogens is 4. The highest BCUT2D eigenvalue weighted by molar-refractivity contribution is 9.10. The Morgan fingerprint density at radius 1 is 1.29 bits per heavy atom. The number of nitrogens with two attached hydrogens (primary N) is 1. The maximum Gasteiger partial charge on any atom is 0.265 e. The first-order valence-corrected chi connectivity index (χ1v) is 8.32. The van der Waals surface area contributed by atoms with Gasteiger partial charge in [0.15, 0.2) is 11.0 Å². The zero-order valence-corrected chi connectivity index (χ0v) is 14.0. The molecule has 0 spiro atoms. The van der Waals surface area contributed by atoms with Gasteiger partial charge in [-0.3, -0.25) is 4.72 Å². The van der Waals surface area contributed by atoms with Crippen LogP contribution in [0.15, 0.2) is 33.8 Å². The van der Waals surface area contributed by atoms with Crippen LogP contribution in [0.25, 0.3) is 0 Å². The Balaban J connectivity index is 2.51. The molecule has 1 aromatic carbocycles. The van der Waals surface area contributed by atoms with Gasteiger partial charge >= 0.3 is 0 Å². The molecule has 0 aliphatic carbocycles. The summed E-state index contributed by atoms with van der Waals surface area (Å²) < 4.78 is 41.0. The first kappa shape index (κ1) is 16.3. The molecular formula is C11H7BrCl2FN3O2S. The summed E-state index contributed by atoms with van der Waals surface area (Å²) >= 11 is 14.6. The summed E-state index contributed by atoms with van der Waals surface area (Å²) in [4.78, 5) is 3.08. The Bertz CT molecular complexity index is 817. The molecule has 2 rings (SSSR count). The highest BCUT2D eigenvalue weighted by atomic mass is 79.9. The molecule has 3 N–H and O–H groups in total. The van der Waals surface area contributed by atoms with Gasteiger partial charge in [-0.25, -0.2) is 17.8 Å². The fourth-order valence-corrected chi connectivity index (χ4v) is 3.49. The monoisotopic (exact) mass is 413 g/mol. The van der Waals surface area contributed by atoms with E-state index < -0.39 is 20.7 Å². The third-order valence-corrected chi connectivity index (χ3v) is 4.69. The van der Waals surface area contributed by atoms with Crippen LogP contribution in [0.2, 0.25) is 10.2 Å². The van der Waals surface area contributed by atoms with Crippen LogP contribution < -0.4 is 10.5 Å². The van der Waals surface area contributed by atoms with Gasteiger partial charge in [0, 0.05) is 15.7 Å². The molecule has 1 heterocycles. The lowest BCUT2D eigenvalue weighted by atomic mass is 10.3. The molecule has 0 fully saturated rings. The number of sulfonamides is 1. The average Bonchev–Trinajstić information content (AvgIpc) is 2.37. The Kier molecular flexibility index (Phi) is 4.62. The van der Waals surface area contributed by atoms with Crippen molar-refractivity contribution in [2.24, 2.45) is 0 Å². The predicted molar refractivity (Wildman–Crippen MR) is 83.6 cm³/mol. The van der Waals surface area contributed by atoms with E-state index in [1.807, 2.05) is 0 Å². The van der Waals surface area contributed by atoms with E-state index in [-0.39, 0.29) is 21.6 Å². The van der Waals surface area contributed by atoms with Gasteiger partial charge in [-0.15, -0.1) is 0 Å². The summed E-state index contributed by atoms with van der Waals surface area (Å²) in [6.07, 6.45) is 1.39. The molecule has 2 aromatic rings. The van der Waals surface area contributed by atoms with E-state index in [9.17, 15) is 12.8 Å². The van der Waals surface area contributed by atoms with Crippen LogP contribution in [0, 0.1) is 5.82 Å². The molecule has 112 valence electrons. The minimum atomic E-state index is -4.26. The van der Waals surface area contributed by atoms with E-state index in [1.54, 1.807) is 0 Å². The number of pyridine rings is 1. The predicted octanol–water partition coefficient (Wildman–Crippen LogP) is 3.67. The summed E-state index contributed by atoms with van der Waals surface area (Å²) in [5, 5.41) is -0.0927. The summed E-state index contributed by atoms with van der Waals surface area (Å²) in [7, 11) is -4.26. The van der Waals surface area contributed by atoms with Gasteiger partial charge in [-0.1, -0.05) is 23.2 Å². The summed E-state index contributed by atoms with van der Waals surface area (Å²) in [6.45, 7) is 0. The maximum absolute atomic E-state index is 13.9. The lowest BCUT2D eigenvalue weighted by Crippen LogP contribution is -2.16. The average molecular weight is 415 g/mol. The van der Waals surface area contributed by atoms with Crippen molar-refractivity contribution in [3.8, 4) is 0 Å². The first-order valence-electron chi connectivity index (χ1n) is 5.29. The molecule has 0 amide bonds. The molecule has 0 aliphatic rings. The molecule has 0 atom stereocenters. The molecule has 10 heteroatoms. The standard InChI is InChI=1S/C11H7BrCl2FN3O2S/c12-5-1-8(11(14)17-4-5)18-21(19,20)9-3-6(13)2-7(16)10(9)15/h1-4,18H,16H2. The van der Waals surface area contributed by atoms with Crippen LogP contribution in [0.3, 0.4) is 0 Å². The van der Waals surface area contributed by atoms with Crippen molar-refractivity contribution in [3.05, 3.63) is 44.9 Å². The number of nitrogens with zero attached hydrogens (tertiary/aromatic N) is 1. The first-order chi connectivity index (χ1) is 9.70. The van der Waals surface area contributed by atoms with Gasteiger partial charge in [0.2, 0.25) is 0 Å². The van der Waals surface area contributed by atoms with E-state index in [0.717, 1.165) is 12.1 Å². The molecule has 0 saturated heterocycles. The zero-order chi connectivity index (χ0) is 15.8. The Morgan fingerprint density at radius 3 is 2.62 bits per heavy atom. The van der Waals surface area contributed by atoms with Gasteiger partial charge in [0.25, 0.3) is 10.0 Å². The van der Waals surface area contributed by atoms with Crippen molar-refractivity contribution in [2.45, 2.75) is 4.90 Å². The van der Waals surface area contributed by atoms with Crippen LogP contribution in [0.5, 0.6) is 0 Å². The number of benzene rings is 1. The smallest absolute Gasteiger partial charge is 0.265 e. The van der Waals surface area contributed by atoms with Gasteiger partial charge in [0.05, 0.1) is 11.4 Å². The van der Waals surface area contributed by atoms with Gasteiger partial charge in [-0.05, 0) is 34.1 Å². The SMILES string of the molecule is Nc1cc(Cl)cc(S(=O)(=O)Nc2cc(Br)cnc2Cl)c1F. The van der Waals surface area contributed by atoms with Crippen molar-refractivity contribution in [1.29, 1.82) is 0 Å². The number of rotatable bonds is 3. The second kappa shape index (κ2) is 5.96. The second-order valence-corrected chi connectivity index (χ2v) is 7.27. The van der Waals surface area contributed by atoms with Gasteiger partial charge in [-0.2, -0.15) is 0 Å². The Hall–Kier alpha value is -1.09. The second-order valence-electron chi connectivity index (χ2n) is 3.90. The van der Waals surface area contributed by atoms with Crippen LogP contribution in [-0.4, -0.2) is 13.4 Å². The largest absolute Gasteiger partial charge is 0.396 e. The third kappa shape index (κ3) is 3.57. The number of anilines is 2. The lowest BCUT2D eigenvalue weighted by molar-refractivity contribution is 0.573. The fraction of sp³-hybridized carbons (Fsp3) is 0. The molecule has 0 unspecified atom stereocenters. The van der Waals surface area contributed by atoms with Crippen molar-refractivity contribution < 1.29 is 12.8 Å². The molecule has 0 saturated carbocycles. The lowest BCUT2D eigenvalue weighted by Gasteiger charge is -2.11. The molecule has 0 radical (unpaired) electrons. The molecule has 5 nitrogen and oxygen atoms in total. The third-order valence-electron chi connectivity index (χ3n) is 2.37. The quantitative estimate of drug-likeness (QED) is 0.592. The van der Waals surface area contributed by atoms with Crippen LogP contribution in [0.4, 0.5) is 15.8 Å². The van der Waals surface area contributed by atoms with Crippen molar-refractivity contribution in [1.82, 2.24) is 4.98 Å². The van der Waals surface area contributed by atoms with E-state index in [1.165, 1.54) is 12.3 Å². The summed E-state index contributed by atoms with van der Waals surface area (Å²) in [5.41, 5.74) is 4.98. The highest BCUT2D eigenvalue weighted by Gasteiger charge is 2.23. The zero-order valence-electron chi connectivity index (χ0n) is 10.1. The summed E-state index contributed by atoms with van der Waals surface area (Å²) in [5.74, 6) is -1.09. The van der Waals surface area contributed by atoms with Gasteiger partial charge < -0.3 is 5.73 Å². The summed E-state index contributed by atoms with van der Waals surface area (Å²) in [6, 6.07) is 3.46. The molecular weight excluding hydrogens is 408 g/mol. The van der Waals surface area contributed by atoms with Crippen LogP contribution >= 0.6 is 39.1 Å². The number of aromatic nitrogens is 1. The van der Waals surface area contributed by atoms with Crippen molar-refractivity contribution >= 4 is 60.5 Å². The van der Waals surface area contributed by atoms with Gasteiger partial charge in [0.1, 0.15) is 4.90 Å². The molecule has 0 aliphatic heterocycles. The van der Waals surface area contributed by atoms with Crippen molar-refractivity contribution in [3.63, 3.8) is 0 Å². The minimum absolute atomic E-state index is 0.00672. The normalized spacial score (nSPS) is 11.4. The fourth-order valence-electron chi connectivity index (χ4n) is 1.47. The number of hydrogen-bond acceptors (Lipinski definition) is 4.